The minimum absolute atomic E-state index is 0.0131. The fraction of sp³-hybridized carbons (Fsp3) is 0. The van der Waals surface area contributed by atoms with Gasteiger partial charge in [0.1, 0.15) is 16.6 Å². The number of allylic oxidation sites excluding steroid dienone is 1. The molecule has 0 radical (unpaired) electrons. The van der Waals surface area contributed by atoms with Crippen LogP contribution in [-0.2, 0) is 0 Å². The molecule has 1 heterocycles. The SMILES string of the molecule is N#C/C(=C\Nc1ccc([N+](=O)[O-])cc1)c1nc(-c2ccc(Br)cc2)cs1. The van der Waals surface area contributed by atoms with E-state index in [9.17, 15) is 15.4 Å². The molecule has 0 fully saturated rings. The first-order valence-corrected chi connectivity index (χ1v) is 9.07. The second-order valence-corrected chi connectivity index (χ2v) is 6.94. The van der Waals surface area contributed by atoms with Gasteiger partial charge >= 0.3 is 0 Å². The first-order valence-electron chi connectivity index (χ1n) is 7.40. The molecule has 2 aromatic carbocycles. The number of nitrogens with zero attached hydrogens (tertiary/aromatic N) is 3. The molecule has 0 unspecified atom stereocenters. The van der Waals surface area contributed by atoms with Crippen molar-refractivity contribution >= 4 is 44.2 Å². The first kappa shape index (κ1) is 17.8. The quantitative estimate of drug-likeness (QED) is 0.332. The number of benzene rings is 2. The van der Waals surface area contributed by atoms with E-state index in [1.165, 1.54) is 23.5 Å². The van der Waals surface area contributed by atoms with Gasteiger partial charge in [-0.3, -0.25) is 10.1 Å². The number of hydrogen-bond donors (Lipinski definition) is 1. The van der Waals surface area contributed by atoms with Crippen molar-refractivity contribution in [3.63, 3.8) is 0 Å². The Hall–Kier alpha value is -3.02. The third-order valence-electron chi connectivity index (χ3n) is 3.46. The third-order valence-corrected chi connectivity index (χ3v) is 4.86. The Bertz CT molecular complexity index is 1000. The molecule has 1 aromatic heterocycles. The number of halogens is 1. The van der Waals surface area contributed by atoms with Crippen LogP contribution < -0.4 is 5.32 Å². The standard InChI is InChI=1S/C18H11BrN4O2S/c19-14-3-1-12(2-4-14)17-11-26-18(22-17)13(9-20)10-21-15-5-7-16(8-6-15)23(24)25/h1-8,10-11,21H/b13-10+. The molecular weight excluding hydrogens is 416 g/mol. The van der Waals surface area contributed by atoms with Gasteiger partial charge < -0.3 is 5.32 Å². The Kier molecular flexibility index (Phi) is 5.41. The Labute approximate surface area is 161 Å². The molecule has 0 saturated carbocycles. The fourth-order valence-electron chi connectivity index (χ4n) is 2.13. The summed E-state index contributed by atoms with van der Waals surface area (Å²) in [7, 11) is 0. The number of thiazole rings is 1. The van der Waals surface area contributed by atoms with Gasteiger partial charge in [0.05, 0.1) is 10.6 Å². The fourth-order valence-corrected chi connectivity index (χ4v) is 3.19. The lowest BCUT2D eigenvalue weighted by Crippen LogP contribution is -1.92. The van der Waals surface area contributed by atoms with Crippen molar-refractivity contribution in [1.29, 1.82) is 5.26 Å². The highest BCUT2D eigenvalue weighted by Gasteiger charge is 2.09. The summed E-state index contributed by atoms with van der Waals surface area (Å²) in [5, 5.41) is 25.5. The highest BCUT2D eigenvalue weighted by Crippen LogP contribution is 2.27. The van der Waals surface area contributed by atoms with Crippen molar-refractivity contribution in [3.8, 4) is 17.3 Å². The summed E-state index contributed by atoms with van der Waals surface area (Å²) >= 11 is 4.78. The van der Waals surface area contributed by atoms with Gasteiger partial charge in [0.15, 0.2) is 0 Å². The van der Waals surface area contributed by atoms with E-state index in [-0.39, 0.29) is 5.69 Å². The molecule has 0 atom stereocenters. The van der Waals surface area contributed by atoms with Crippen LogP contribution in [0.3, 0.4) is 0 Å². The Morgan fingerprint density at radius 1 is 1.23 bits per heavy atom. The molecule has 1 N–H and O–H groups in total. The smallest absolute Gasteiger partial charge is 0.269 e. The lowest BCUT2D eigenvalue weighted by Gasteiger charge is -2.01. The number of rotatable bonds is 5. The van der Waals surface area contributed by atoms with Crippen LogP contribution in [0.1, 0.15) is 5.01 Å². The van der Waals surface area contributed by atoms with E-state index in [1.807, 2.05) is 29.6 Å². The minimum Gasteiger partial charge on any atom is -0.360 e. The normalized spacial score (nSPS) is 11.0. The molecule has 0 aliphatic heterocycles. The summed E-state index contributed by atoms with van der Waals surface area (Å²) in [4.78, 5) is 14.7. The predicted octanol–water partition coefficient (Wildman–Crippen LogP) is 5.46. The molecule has 0 spiro atoms. The van der Waals surface area contributed by atoms with Crippen LogP contribution in [-0.4, -0.2) is 9.91 Å². The maximum atomic E-state index is 10.7. The number of anilines is 1. The summed E-state index contributed by atoms with van der Waals surface area (Å²) in [6.45, 7) is 0. The summed E-state index contributed by atoms with van der Waals surface area (Å²) in [6, 6.07) is 15.9. The average molecular weight is 427 g/mol. The van der Waals surface area contributed by atoms with Gasteiger partial charge in [0, 0.05) is 39.4 Å². The zero-order valence-corrected chi connectivity index (χ0v) is 15.6. The molecule has 0 aliphatic carbocycles. The van der Waals surface area contributed by atoms with Gasteiger partial charge in [0.25, 0.3) is 5.69 Å². The van der Waals surface area contributed by atoms with Crippen molar-refractivity contribution in [3.05, 3.63) is 79.7 Å². The van der Waals surface area contributed by atoms with Crippen LogP contribution in [0.25, 0.3) is 16.8 Å². The van der Waals surface area contributed by atoms with Crippen LogP contribution >= 0.6 is 27.3 Å². The van der Waals surface area contributed by atoms with E-state index < -0.39 is 4.92 Å². The van der Waals surface area contributed by atoms with Crippen LogP contribution in [0.5, 0.6) is 0 Å². The second kappa shape index (κ2) is 7.91. The predicted molar refractivity (Wildman–Crippen MR) is 106 cm³/mol. The maximum absolute atomic E-state index is 10.7. The number of aromatic nitrogens is 1. The lowest BCUT2D eigenvalue weighted by atomic mass is 10.2. The van der Waals surface area contributed by atoms with Crippen LogP contribution in [0.2, 0.25) is 0 Å². The van der Waals surface area contributed by atoms with E-state index in [2.05, 4.69) is 32.3 Å². The molecule has 26 heavy (non-hydrogen) atoms. The van der Waals surface area contributed by atoms with Crippen molar-refractivity contribution in [2.75, 3.05) is 5.32 Å². The second-order valence-electron chi connectivity index (χ2n) is 5.16. The Morgan fingerprint density at radius 2 is 1.92 bits per heavy atom. The monoisotopic (exact) mass is 426 g/mol. The van der Waals surface area contributed by atoms with Gasteiger partial charge in [0.2, 0.25) is 0 Å². The highest BCUT2D eigenvalue weighted by atomic mass is 79.9. The largest absolute Gasteiger partial charge is 0.360 e. The van der Waals surface area contributed by atoms with Crippen LogP contribution in [0.4, 0.5) is 11.4 Å². The van der Waals surface area contributed by atoms with E-state index in [4.69, 9.17) is 0 Å². The molecule has 0 amide bonds. The number of nitro benzene ring substituents is 1. The van der Waals surface area contributed by atoms with E-state index in [0.717, 1.165) is 15.7 Å². The summed E-state index contributed by atoms with van der Waals surface area (Å²) < 4.78 is 0.988. The molecule has 0 saturated heterocycles. The van der Waals surface area contributed by atoms with Gasteiger partial charge in [-0.05, 0) is 24.3 Å². The molecule has 8 heteroatoms. The molecule has 3 aromatic rings. The van der Waals surface area contributed by atoms with Crippen molar-refractivity contribution in [2.45, 2.75) is 0 Å². The molecular formula is C18H11BrN4O2S. The third kappa shape index (κ3) is 4.14. The zero-order chi connectivity index (χ0) is 18.5. The van der Waals surface area contributed by atoms with E-state index >= 15 is 0 Å². The maximum Gasteiger partial charge on any atom is 0.269 e. The van der Waals surface area contributed by atoms with Gasteiger partial charge in [-0.1, -0.05) is 28.1 Å². The number of non-ortho nitro benzene ring substituents is 1. The summed E-state index contributed by atoms with van der Waals surface area (Å²) in [5.74, 6) is 0. The number of nitrogens with one attached hydrogen (secondary N) is 1. The summed E-state index contributed by atoms with van der Waals surface area (Å²) in [5.41, 5.74) is 2.81. The molecule has 3 rings (SSSR count). The van der Waals surface area contributed by atoms with Crippen LogP contribution in [0.15, 0.2) is 64.6 Å². The van der Waals surface area contributed by atoms with Crippen LogP contribution in [0, 0.1) is 21.4 Å². The van der Waals surface area contributed by atoms with Crippen molar-refractivity contribution < 1.29 is 4.92 Å². The van der Waals surface area contributed by atoms with E-state index in [0.29, 0.717) is 16.3 Å². The molecule has 6 nitrogen and oxygen atoms in total. The first-order chi connectivity index (χ1) is 12.6. The topological polar surface area (TPSA) is 91.8 Å². The van der Waals surface area contributed by atoms with Gasteiger partial charge in [-0.15, -0.1) is 11.3 Å². The number of nitro groups is 1. The van der Waals surface area contributed by atoms with Crippen molar-refractivity contribution in [1.82, 2.24) is 4.98 Å². The average Bonchev–Trinajstić information content (AvgIpc) is 3.13. The minimum atomic E-state index is -0.459. The molecule has 0 bridgehead atoms. The number of hydrogen-bond acceptors (Lipinski definition) is 6. The van der Waals surface area contributed by atoms with Gasteiger partial charge in [-0.25, -0.2) is 4.98 Å². The lowest BCUT2D eigenvalue weighted by molar-refractivity contribution is -0.384. The molecule has 128 valence electrons. The highest BCUT2D eigenvalue weighted by molar-refractivity contribution is 9.10. The zero-order valence-electron chi connectivity index (χ0n) is 13.2. The van der Waals surface area contributed by atoms with E-state index in [1.54, 1.807) is 18.3 Å². The summed E-state index contributed by atoms with van der Waals surface area (Å²) in [6.07, 6.45) is 1.55. The Balaban J connectivity index is 1.78. The Morgan fingerprint density at radius 3 is 2.54 bits per heavy atom. The number of nitriles is 1. The van der Waals surface area contributed by atoms with Crippen molar-refractivity contribution in [2.24, 2.45) is 0 Å². The molecule has 0 aliphatic rings. The van der Waals surface area contributed by atoms with Gasteiger partial charge in [-0.2, -0.15) is 5.26 Å².